The van der Waals surface area contributed by atoms with Crippen LogP contribution in [0.5, 0.6) is 0 Å². The van der Waals surface area contributed by atoms with E-state index in [1.54, 1.807) is 23.2 Å². The van der Waals surface area contributed by atoms with Crippen molar-refractivity contribution in [3.8, 4) is 0 Å². The highest BCUT2D eigenvalue weighted by Crippen LogP contribution is 2.30. The van der Waals surface area contributed by atoms with E-state index in [0.29, 0.717) is 17.8 Å². The van der Waals surface area contributed by atoms with E-state index in [-0.39, 0.29) is 10.8 Å². The maximum Gasteiger partial charge on any atom is 0.201 e. The Kier molecular flexibility index (Phi) is 6.41. The summed E-state index contributed by atoms with van der Waals surface area (Å²) >= 11 is 1.39. The third-order valence-corrected chi connectivity index (χ3v) is 8.32. The average Bonchev–Trinajstić information content (AvgIpc) is 3.45. The Balaban J connectivity index is 1.46. The number of likely N-dealkylation sites (N-methyl/N-ethyl adjacent to an activating group) is 1. The lowest BCUT2D eigenvalue weighted by Gasteiger charge is -2.30. The van der Waals surface area contributed by atoms with Gasteiger partial charge in [-0.2, -0.15) is 0 Å². The van der Waals surface area contributed by atoms with Crippen molar-refractivity contribution in [2.75, 3.05) is 25.0 Å². The molecule has 1 fully saturated rings. The Bertz CT molecular complexity index is 1120. The highest BCUT2D eigenvalue weighted by Gasteiger charge is 2.30. The van der Waals surface area contributed by atoms with Crippen LogP contribution >= 0.6 is 11.3 Å². The van der Waals surface area contributed by atoms with E-state index in [1.165, 1.54) is 16.9 Å². The Hall–Kier alpha value is -2.29. The van der Waals surface area contributed by atoms with E-state index in [1.807, 2.05) is 13.0 Å². The normalized spacial score (nSPS) is 18.2. The van der Waals surface area contributed by atoms with Gasteiger partial charge in [0.05, 0.1) is 28.8 Å². The van der Waals surface area contributed by atoms with Crippen molar-refractivity contribution in [1.29, 1.82) is 0 Å². The number of anilines is 1. The van der Waals surface area contributed by atoms with Gasteiger partial charge in [-0.25, -0.2) is 18.4 Å². The van der Waals surface area contributed by atoms with Gasteiger partial charge >= 0.3 is 0 Å². The van der Waals surface area contributed by atoms with Crippen LogP contribution in [0.1, 0.15) is 36.2 Å². The molecule has 4 rings (SSSR count). The lowest BCUT2D eigenvalue weighted by Crippen LogP contribution is -2.35. The number of sulfone groups is 1. The minimum absolute atomic E-state index is 0.112. The summed E-state index contributed by atoms with van der Waals surface area (Å²) in [5.41, 5.74) is 5.43. The van der Waals surface area contributed by atoms with Gasteiger partial charge in [0.1, 0.15) is 0 Å². The van der Waals surface area contributed by atoms with Gasteiger partial charge < -0.3 is 4.90 Å². The van der Waals surface area contributed by atoms with Crippen LogP contribution in [0.25, 0.3) is 0 Å². The lowest BCUT2D eigenvalue weighted by molar-refractivity contribution is 0.259. The van der Waals surface area contributed by atoms with Crippen LogP contribution in [0.15, 0.2) is 58.5 Å². The summed E-state index contributed by atoms with van der Waals surface area (Å²) in [7, 11) is -1.43. The van der Waals surface area contributed by atoms with Gasteiger partial charge in [-0.05, 0) is 37.5 Å². The molecule has 0 spiro atoms. The summed E-state index contributed by atoms with van der Waals surface area (Å²) < 4.78 is 25.4. The standard InChI is InChI=1S/C23H28N4O2S2/c1-17-11-23(31(28,29)15-20-14-30-16-25-20)24-12-22(17)26(3)21-9-10-27(13-21)18(2)19-7-5-4-6-8-19/h4-8,11-12,14,16,18,21H,9-10,13,15H2,1-3H3/t18-,21+/m1/s1. The van der Waals surface area contributed by atoms with Gasteiger partial charge in [0.15, 0.2) is 5.03 Å². The summed E-state index contributed by atoms with van der Waals surface area (Å²) in [4.78, 5) is 13.2. The molecule has 0 N–H and O–H groups in total. The van der Waals surface area contributed by atoms with Crippen LogP contribution in [0, 0.1) is 6.92 Å². The maximum absolute atomic E-state index is 12.7. The van der Waals surface area contributed by atoms with Crippen molar-refractivity contribution in [2.45, 2.75) is 43.1 Å². The molecule has 164 valence electrons. The Labute approximate surface area is 188 Å². The minimum atomic E-state index is -3.51. The van der Waals surface area contributed by atoms with Gasteiger partial charge in [-0.3, -0.25) is 4.90 Å². The summed E-state index contributed by atoms with van der Waals surface area (Å²) in [5, 5.41) is 1.87. The fourth-order valence-corrected chi connectivity index (χ4v) is 6.14. The van der Waals surface area contributed by atoms with Crippen LogP contribution in [-0.2, 0) is 15.6 Å². The van der Waals surface area contributed by atoms with Crippen LogP contribution in [0.2, 0.25) is 0 Å². The van der Waals surface area contributed by atoms with Gasteiger partial charge in [0, 0.05) is 37.6 Å². The zero-order valence-electron chi connectivity index (χ0n) is 18.1. The molecule has 0 aliphatic carbocycles. The number of thiazole rings is 1. The molecule has 6 nitrogen and oxygen atoms in total. The number of hydrogen-bond acceptors (Lipinski definition) is 7. The molecule has 0 unspecified atom stereocenters. The predicted molar refractivity (Wildman–Crippen MR) is 125 cm³/mol. The van der Waals surface area contributed by atoms with Crippen LogP contribution in [0.4, 0.5) is 5.69 Å². The van der Waals surface area contributed by atoms with E-state index in [9.17, 15) is 8.42 Å². The topological polar surface area (TPSA) is 66.4 Å². The third-order valence-electron chi connectivity index (χ3n) is 6.15. The summed E-state index contributed by atoms with van der Waals surface area (Å²) in [6.07, 6.45) is 2.77. The Morgan fingerprint density at radius 2 is 2.03 bits per heavy atom. The molecule has 2 atom stereocenters. The van der Waals surface area contributed by atoms with Gasteiger partial charge in [0.25, 0.3) is 0 Å². The molecule has 2 aromatic heterocycles. The highest BCUT2D eigenvalue weighted by atomic mass is 32.2. The molecule has 1 aromatic carbocycles. The number of hydrogen-bond donors (Lipinski definition) is 0. The van der Waals surface area contributed by atoms with Crippen molar-refractivity contribution in [1.82, 2.24) is 14.9 Å². The molecular weight excluding hydrogens is 428 g/mol. The molecule has 0 radical (unpaired) electrons. The number of rotatable bonds is 7. The third kappa shape index (κ3) is 4.81. The summed E-state index contributed by atoms with van der Waals surface area (Å²) in [6, 6.07) is 13.0. The number of benzene rings is 1. The number of pyridine rings is 1. The average molecular weight is 457 g/mol. The Morgan fingerprint density at radius 1 is 1.26 bits per heavy atom. The lowest BCUT2D eigenvalue weighted by atomic mass is 10.1. The minimum Gasteiger partial charge on any atom is -0.369 e. The summed E-state index contributed by atoms with van der Waals surface area (Å²) in [6.45, 7) is 6.22. The molecular formula is C23H28N4O2S2. The van der Waals surface area contributed by atoms with Crippen molar-refractivity contribution in [3.05, 3.63) is 70.3 Å². The summed E-state index contributed by atoms with van der Waals surface area (Å²) in [5.74, 6) is -0.118. The van der Waals surface area contributed by atoms with Crippen molar-refractivity contribution in [3.63, 3.8) is 0 Å². The molecule has 3 aromatic rings. The molecule has 8 heteroatoms. The zero-order chi connectivity index (χ0) is 22.0. The zero-order valence-corrected chi connectivity index (χ0v) is 19.7. The van der Waals surface area contributed by atoms with E-state index in [4.69, 9.17) is 0 Å². The second-order valence-electron chi connectivity index (χ2n) is 8.18. The number of nitrogens with zero attached hydrogens (tertiary/aromatic N) is 4. The SMILES string of the molecule is Cc1cc(S(=O)(=O)Cc2cscn2)ncc1N(C)[C@H]1CCN([C@H](C)c2ccccc2)C1. The molecule has 0 amide bonds. The highest BCUT2D eigenvalue weighted by molar-refractivity contribution is 7.90. The first kappa shape index (κ1) is 21.9. The second-order valence-corrected chi connectivity index (χ2v) is 10.8. The van der Waals surface area contributed by atoms with Gasteiger partial charge in [-0.1, -0.05) is 30.3 Å². The van der Waals surface area contributed by atoms with E-state index < -0.39 is 9.84 Å². The smallest absolute Gasteiger partial charge is 0.201 e. The Morgan fingerprint density at radius 3 is 2.71 bits per heavy atom. The van der Waals surface area contributed by atoms with E-state index in [0.717, 1.165) is 30.8 Å². The first-order valence-electron chi connectivity index (χ1n) is 10.4. The monoisotopic (exact) mass is 456 g/mol. The van der Waals surface area contributed by atoms with Crippen molar-refractivity contribution < 1.29 is 8.42 Å². The van der Waals surface area contributed by atoms with E-state index in [2.05, 4.69) is 58.0 Å². The van der Waals surface area contributed by atoms with E-state index >= 15 is 0 Å². The first-order chi connectivity index (χ1) is 14.8. The number of likely N-dealkylation sites (tertiary alicyclic amines) is 1. The molecule has 0 bridgehead atoms. The number of aryl methyl sites for hydroxylation is 1. The van der Waals surface area contributed by atoms with Crippen molar-refractivity contribution in [2.24, 2.45) is 0 Å². The largest absolute Gasteiger partial charge is 0.369 e. The quantitative estimate of drug-likeness (QED) is 0.533. The molecule has 1 saturated heterocycles. The first-order valence-corrected chi connectivity index (χ1v) is 13.0. The number of aromatic nitrogens is 2. The van der Waals surface area contributed by atoms with Gasteiger partial charge in [-0.15, -0.1) is 11.3 Å². The molecule has 1 aliphatic rings. The second kappa shape index (κ2) is 9.06. The van der Waals surface area contributed by atoms with Gasteiger partial charge in [0.2, 0.25) is 9.84 Å². The maximum atomic E-state index is 12.7. The molecule has 3 heterocycles. The predicted octanol–water partition coefficient (Wildman–Crippen LogP) is 4.09. The fourth-order valence-electron chi connectivity index (χ4n) is 4.21. The molecule has 31 heavy (non-hydrogen) atoms. The van der Waals surface area contributed by atoms with Crippen molar-refractivity contribution >= 4 is 26.9 Å². The fraction of sp³-hybridized carbons (Fsp3) is 0.391. The molecule has 1 aliphatic heterocycles. The van der Waals surface area contributed by atoms with Crippen LogP contribution in [-0.4, -0.2) is 49.5 Å². The molecule has 0 saturated carbocycles. The van der Waals surface area contributed by atoms with Crippen LogP contribution < -0.4 is 4.90 Å². The van der Waals surface area contributed by atoms with Crippen LogP contribution in [0.3, 0.4) is 0 Å².